The van der Waals surface area contributed by atoms with Crippen LogP contribution in [-0.4, -0.2) is 17.5 Å². The van der Waals surface area contributed by atoms with E-state index in [0.717, 1.165) is 18.9 Å². The van der Waals surface area contributed by atoms with Crippen molar-refractivity contribution in [3.05, 3.63) is 35.4 Å². The second kappa shape index (κ2) is 10.3. The molecule has 1 aromatic carbocycles. The first kappa shape index (κ1) is 18.6. The number of hydrogen-bond acceptors (Lipinski definition) is 2. The van der Waals surface area contributed by atoms with Gasteiger partial charge in [-0.05, 0) is 48.6 Å². The standard InChI is InChI=1S/C19H33NS/c1-6-13-20-19(16(5)21-14-12-15(3)4)18-10-8-17(7-2)9-11-18/h8-11,15-16,19-20H,6-7,12-14H2,1-5H3. The van der Waals surface area contributed by atoms with Gasteiger partial charge in [0.15, 0.2) is 0 Å². The molecule has 0 fully saturated rings. The lowest BCUT2D eigenvalue weighted by atomic mass is 10.0. The minimum Gasteiger partial charge on any atom is -0.309 e. The SMILES string of the molecule is CCCNC(c1ccc(CC)cc1)C(C)SCCC(C)C. The summed E-state index contributed by atoms with van der Waals surface area (Å²) in [4.78, 5) is 0. The third-order valence-electron chi connectivity index (χ3n) is 3.91. The van der Waals surface area contributed by atoms with Crippen LogP contribution in [0.3, 0.4) is 0 Å². The number of nitrogens with one attached hydrogen (secondary N) is 1. The van der Waals surface area contributed by atoms with Crippen LogP contribution in [0.2, 0.25) is 0 Å². The molecule has 2 atom stereocenters. The fourth-order valence-electron chi connectivity index (χ4n) is 2.40. The number of hydrogen-bond donors (Lipinski definition) is 1. The molecule has 1 aromatic rings. The van der Waals surface area contributed by atoms with Gasteiger partial charge in [-0.3, -0.25) is 0 Å². The highest BCUT2D eigenvalue weighted by Crippen LogP contribution is 2.28. The van der Waals surface area contributed by atoms with Crippen molar-refractivity contribution in [2.24, 2.45) is 5.92 Å². The number of thioether (sulfide) groups is 1. The van der Waals surface area contributed by atoms with Gasteiger partial charge in [-0.1, -0.05) is 58.9 Å². The van der Waals surface area contributed by atoms with Crippen LogP contribution in [-0.2, 0) is 6.42 Å². The highest BCUT2D eigenvalue weighted by Gasteiger charge is 2.19. The molecule has 0 aliphatic carbocycles. The summed E-state index contributed by atoms with van der Waals surface area (Å²) in [6, 6.07) is 9.65. The average Bonchev–Trinajstić information content (AvgIpc) is 2.48. The van der Waals surface area contributed by atoms with Gasteiger partial charge in [-0.15, -0.1) is 0 Å². The molecule has 1 nitrogen and oxygen atoms in total. The topological polar surface area (TPSA) is 12.0 Å². The lowest BCUT2D eigenvalue weighted by Gasteiger charge is -2.26. The Hall–Kier alpha value is -0.470. The van der Waals surface area contributed by atoms with E-state index in [1.165, 1.54) is 29.7 Å². The summed E-state index contributed by atoms with van der Waals surface area (Å²) in [6.45, 7) is 12.5. The summed E-state index contributed by atoms with van der Waals surface area (Å²) < 4.78 is 0. The van der Waals surface area contributed by atoms with Gasteiger partial charge in [0.05, 0.1) is 0 Å². The lowest BCUT2D eigenvalue weighted by molar-refractivity contribution is 0.527. The maximum absolute atomic E-state index is 3.74. The minimum atomic E-state index is 0.466. The molecule has 0 saturated carbocycles. The molecule has 1 rings (SSSR count). The number of aryl methyl sites for hydroxylation is 1. The molecule has 0 amide bonds. The molecule has 2 heteroatoms. The zero-order valence-electron chi connectivity index (χ0n) is 14.5. The Kier molecular flexibility index (Phi) is 9.10. The molecule has 1 N–H and O–H groups in total. The first-order valence-electron chi connectivity index (χ1n) is 8.52. The van der Waals surface area contributed by atoms with Crippen molar-refractivity contribution in [3.63, 3.8) is 0 Å². The van der Waals surface area contributed by atoms with Gasteiger partial charge in [0.25, 0.3) is 0 Å². The smallest absolute Gasteiger partial charge is 0.0437 e. The van der Waals surface area contributed by atoms with Crippen LogP contribution < -0.4 is 5.32 Å². The van der Waals surface area contributed by atoms with Crippen LogP contribution in [0.4, 0.5) is 0 Å². The second-order valence-electron chi connectivity index (χ2n) is 6.29. The minimum absolute atomic E-state index is 0.466. The van der Waals surface area contributed by atoms with Crippen molar-refractivity contribution in [3.8, 4) is 0 Å². The van der Waals surface area contributed by atoms with Crippen LogP contribution in [0.1, 0.15) is 64.6 Å². The van der Waals surface area contributed by atoms with Crippen LogP contribution >= 0.6 is 11.8 Å². The zero-order chi connectivity index (χ0) is 15.7. The molecule has 0 aromatic heterocycles. The molecule has 21 heavy (non-hydrogen) atoms. The van der Waals surface area contributed by atoms with Crippen molar-refractivity contribution < 1.29 is 0 Å². The van der Waals surface area contributed by atoms with Crippen molar-refractivity contribution in [2.75, 3.05) is 12.3 Å². The first-order valence-corrected chi connectivity index (χ1v) is 9.57. The van der Waals surface area contributed by atoms with Gasteiger partial charge < -0.3 is 5.32 Å². The van der Waals surface area contributed by atoms with Gasteiger partial charge in [-0.25, -0.2) is 0 Å². The van der Waals surface area contributed by atoms with Gasteiger partial charge >= 0.3 is 0 Å². The molecule has 0 aliphatic rings. The van der Waals surface area contributed by atoms with E-state index in [4.69, 9.17) is 0 Å². The van der Waals surface area contributed by atoms with Gasteiger partial charge in [-0.2, -0.15) is 11.8 Å². The van der Waals surface area contributed by atoms with E-state index in [1.54, 1.807) is 0 Å². The Morgan fingerprint density at radius 3 is 2.24 bits per heavy atom. The van der Waals surface area contributed by atoms with Crippen LogP contribution in [0.15, 0.2) is 24.3 Å². The van der Waals surface area contributed by atoms with E-state index in [0.29, 0.717) is 11.3 Å². The van der Waals surface area contributed by atoms with Gasteiger partial charge in [0, 0.05) is 11.3 Å². The van der Waals surface area contributed by atoms with Gasteiger partial charge in [0.2, 0.25) is 0 Å². The Labute approximate surface area is 136 Å². The molecule has 0 bridgehead atoms. The molecule has 120 valence electrons. The van der Waals surface area contributed by atoms with E-state index in [1.807, 2.05) is 0 Å². The zero-order valence-corrected chi connectivity index (χ0v) is 15.3. The summed E-state index contributed by atoms with van der Waals surface area (Å²) >= 11 is 2.11. The molecule has 0 spiro atoms. The Morgan fingerprint density at radius 1 is 1.05 bits per heavy atom. The lowest BCUT2D eigenvalue weighted by Crippen LogP contribution is -2.29. The van der Waals surface area contributed by atoms with Crippen molar-refractivity contribution in [2.45, 2.75) is 65.2 Å². The third kappa shape index (κ3) is 6.88. The Balaban J connectivity index is 2.68. The summed E-state index contributed by atoms with van der Waals surface area (Å²) in [5, 5.41) is 4.35. The van der Waals surface area contributed by atoms with Crippen molar-refractivity contribution in [1.82, 2.24) is 5.32 Å². The maximum atomic E-state index is 3.74. The van der Waals surface area contributed by atoms with E-state index < -0.39 is 0 Å². The van der Waals surface area contributed by atoms with Crippen molar-refractivity contribution >= 4 is 11.8 Å². The second-order valence-corrected chi connectivity index (χ2v) is 7.77. The quantitative estimate of drug-likeness (QED) is 0.616. The normalized spacial score (nSPS) is 14.4. The largest absolute Gasteiger partial charge is 0.309 e. The van der Waals surface area contributed by atoms with Crippen LogP contribution in [0.25, 0.3) is 0 Å². The van der Waals surface area contributed by atoms with Crippen molar-refractivity contribution in [1.29, 1.82) is 0 Å². The number of rotatable bonds is 10. The molecular formula is C19H33NS. The van der Waals surface area contributed by atoms with E-state index in [2.05, 4.69) is 76.0 Å². The van der Waals surface area contributed by atoms with E-state index in [9.17, 15) is 0 Å². The monoisotopic (exact) mass is 307 g/mol. The highest BCUT2D eigenvalue weighted by atomic mass is 32.2. The fraction of sp³-hybridized carbons (Fsp3) is 0.684. The molecule has 0 aliphatic heterocycles. The first-order chi connectivity index (χ1) is 10.1. The maximum Gasteiger partial charge on any atom is 0.0437 e. The Bertz CT molecular complexity index is 372. The summed E-state index contributed by atoms with van der Waals surface area (Å²) in [6.07, 6.45) is 3.61. The fourth-order valence-corrected chi connectivity index (χ4v) is 3.83. The van der Waals surface area contributed by atoms with Crippen LogP contribution in [0, 0.1) is 5.92 Å². The summed E-state index contributed by atoms with van der Waals surface area (Å²) in [5.41, 5.74) is 2.86. The predicted molar refractivity (Wildman–Crippen MR) is 98.2 cm³/mol. The molecule has 0 radical (unpaired) electrons. The van der Waals surface area contributed by atoms with E-state index in [-0.39, 0.29) is 0 Å². The molecular weight excluding hydrogens is 274 g/mol. The van der Waals surface area contributed by atoms with Gasteiger partial charge in [0.1, 0.15) is 0 Å². The summed E-state index contributed by atoms with van der Waals surface area (Å²) in [5.74, 6) is 2.06. The van der Waals surface area contributed by atoms with E-state index >= 15 is 0 Å². The third-order valence-corrected chi connectivity index (χ3v) is 5.18. The average molecular weight is 308 g/mol. The molecule has 0 saturated heterocycles. The number of benzene rings is 1. The molecule has 2 unspecified atom stereocenters. The Morgan fingerprint density at radius 2 is 1.71 bits per heavy atom. The van der Waals surface area contributed by atoms with Crippen LogP contribution in [0.5, 0.6) is 0 Å². The highest BCUT2D eigenvalue weighted by molar-refractivity contribution is 7.99. The predicted octanol–water partition coefficient (Wildman–Crippen LogP) is 5.46. The summed E-state index contributed by atoms with van der Waals surface area (Å²) in [7, 11) is 0. The molecule has 0 heterocycles.